The van der Waals surface area contributed by atoms with Gasteiger partial charge in [0.15, 0.2) is 5.11 Å². The maximum absolute atomic E-state index is 5.77. The number of hydrogen-bond acceptors (Lipinski definition) is 3. The monoisotopic (exact) mass is 405 g/mol. The van der Waals surface area contributed by atoms with E-state index in [0.717, 1.165) is 15.8 Å². The highest BCUT2D eigenvalue weighted by molar-refractivity contribution is 9.10. The Morgan fingerprint density at radius 1 is 1.12 bits per heavy atom. The Labute approximate surface area is 155 Å². The third-order valence-electron chi connectivity index (χ3n) is 4.05. The van der Waals surface area contributed by atoms with Crippen molar-refractivity contribution in [1.29, 1.82) is 0 Å². The van der Waals surface area contributed by atoms with Crippen LogP contribution in [0.1, 0.15) is 37.9 Å². The summed E-state index contributed by atoms with van der Waals surface area (Å²) in [6, 6.07) is 12.3. The van der Waals surface area contributed by atoms with E-state index in [1.54, 1.807) is 6.21 Å². The lowest BCUT2D eigenvalue weighted by molar-refractivity contribution is 0.412. The molecule has 1 fully saturated rings. The molecule has 0 spiro atoms. The van der Waals surface area contributed by atoms with E-state index in [0.29, 0.717) is 16.9 Å². The van der Waals surface area contributed by atoms with Crippen LogP contribution in [0.2, 0.25) is 0 Å². The summed E-state index contributed by atoms with van der Waals surface area (Å²) in [6.07, 6.45) is 7.87. The molecule has 4 nitrogen and oxygen atoms in total. The summed E-state index contributed by atoms with van der Waals surface area (Å²) in [4.78, 5) is 0. The predicted octanol–water partition coefficient (Wildman–Crippen LogP) is 4.84. The molecule has 2 N–H and O–H groups in total. The number of hydrazone groups is 1. The number of furan rings is 1. The number of nitrogens with zero attached hydrogens (tertiary/aromatic N) is 1. The normalized spacial score (nSPS) is 15.5. The highest BCUT2D eigenvalue weighted by atomic mass is 79.9. The standard InChI is InChI=1S/C18H20BrN3OS/c19-14-8-6-13(7-9-14)17-11-10-16(23-17)12-20-22-18(24)21-15-4-2-1-3-5-15/h6-12,15H,1-5H2,(H2,21,22,24). The van der Waals surface area contributed by atoms with Gasteiger partial charge in [0.2, 0.25) is 0 Å². The maximum Gasteiger partial charge on any atom is 0.187 e. The Morgan fingerprint density at radius 3 is 2.62 bits per heavy atom. The fourth-order valence-electron chi connectivity index (χ4n) is 2.81. The SMILES string of the molecule is S=C(NN=Cc1ccc(-c2ccc(Br)cc2)o1)NC1CCCCC1. The molecule has 0 amide bonds. The summed E-state index contributed by atoms with van der Waals surface area (Å²) in [5.74, 6) is 1.49. The Morgan fingerprint density at radius 2 is 1.88 bits per heavy atom. The van der Waals surface area contributed by atoms with Gasteiger partial charge in [-0.25, -0.2) is 0 Å². The summed E-state index contributed by atoms with van der Waals surface area (Å²) in [5.41, 5.74) is 3.89. The van der Waals surface area contributed by atoms with E-state index in [2.05, 4.69) is 31.8 Å². The number of benzene rings is 1. The molecule has 1 aliphatic rings. The van der Waals surface area contributed by atoms with Crippen LogP contribution in [-0.2, 0) is 0 Å². The highest BCUT2D eigenvalue weighted by Crippen LogP contribution is 2.23. The van der Waals surface area contributed by atoms with Gasteiger partial charge in [-0.15, -0.1) is 0 Å². The largest absolute Gasteiger partial charge is 0.455 e. The predicted molar refractivity (Wildman–Crippen MR) is 105 cm³/mol. The van der Waals surface area contributed by atoms with E-state index in [9.17, 15) is 0 Å². The van der Waals surface area contributed by atoms with Crippen LogP contribution >= 0.6 is 28.1 Å². The first kappa shape index (κ1) is 17.2. The van der Waals surface area contributed by atoms with Gasteiger partial charge in [0.25, 0.3) is 0 Å². The Balaban J connectivity index is 1.51. The lowest BCUT2D eigenvalue weighted by Gasteiger charge is -2.23. The van der Waals surface area contributed by atoms with Crippen LogP contribution in [0, 0.1) is 0 Å². The molecule has 24 heavy (non-hydrogen) atoms. The van der Waals surface area contributed by atoms with Crippen molar-refractivity contribution < 1.29 is 4.42 Å². The molecule has 0 saturated heterocycles. The molecule has 0 aliphatic heterocycles. The molecule has 1 aromatic heterocycles. The van der Waals surface area contributed by atoms with Crippen molar-refractivity contribution in [2.24, 2.45) is 5.10 Å². The Kier molecular flexibility index (Phi) is 6.04. The molecular formula is C18H20BrN3OS. The van der Waals surface area contributed by atoms with Crippen LogP contribution in [0.25, 0.3) is 11.3 Å². The van der Waals surface area contributed by atoms with Gasteiger partial charge in [-0.2, -0.15) is 5.10 Å². The van der Waals surface area contributed by atoms with Crippen molar-refractivity contribution in [3.05, 3.63) is 46.6 Å². The molecule has 0 radical (unpaired) electrons. The zero-order valence-electron chi connectivity index (χ0n) is 13.3. The van der Waals surface area contributed by atoms with Gasteiger partial charge in [-0.3, -0.25) is 5.43 Å². The molecule has 0 unspecified atom stereocenters. The van der Waals surface area contributed by atoms with E-state index in [1.165, 1.54) is 32.1 Å². The molecule has 1 heterocycles. The zero-order valence-corrected chi connectivity index (χ0v) is 15.7. The first-order chi connectivity index (χ1) is 11.7. The minimum Gasteiger partial charge on any atom is -0.455 e. The van der Waals surface area contributed by atoms with Crippen molar-refractivity contribution in [2.75, 3.05) is 0 Å². The van der Waals surface area contributed by atoms with E-state index in [-0.39, 0.29) is 0 Å². The lowest BCUT2D eigenvalue weighted by Crippen LogP contribution is -2.40. The molecule has 126 valence electrons. The van der Waals surface area contributed by atoms with Crippen LogP contribution in [0.15, 0.2) is 50.4 Å². The van der Waals surface area contributed by atoms with E-state index in [1.807, 2.05) is 36.4 Å². The zero-order chi connectivity index (χ0) is 16.8. The molecule has 1 aromatic carbocycles. The van der Waals surface area contributed by atoms with Gasteiger partial charge in [0.1, 0.15) is 11.5 Å². The summed E-state index contributed by atoms with van der Waals surface area (Å²) in [5, 5.41) is 8.03. The number of thiocarbonyl (C=S) groups is 1. The first-order valence-corrected chi connectivity index (χ1v) is 9.36. The van der Waals surface area contributed by atoms with Crippen LogP contribution < -0.4 is 10.7 Å². The van der Waals surface area contributed by atoms with E-state index in [4.69, 9.17) is 16.6 Å². The van der Waals surface area contributed by atoms with Gasteiger partial charge >= 0.3 is 0 Å². The quantitative estimate of drug-likeness (QED) is 0.434. The van der Waals surface area contributed by atoms with Crippen LogP contribution in [0.5, 0.6) is 0 Å². The summed E-state index contributed by atoms with van der Waals surface area (Å²) in [6.45, 7) is 0. The summed E-state index contributed by atoms with van der Waals surface area (Å²) < 4.78 is 6.82. The van der Waals surface area contributed by atoms with E-state index >= 15 is 0 Å². The Hall–Kier alpha value is -1.66. The minimum absolute atomic E-state index is 0.474. The molecule has 2 aromatic rings. The molecule has 0 bridgehead atoms. The number of rotatable bonds is 4. The molecule has 0 atom stereocenters. The second-order valence-corrected chi connectivity index (χ2v) is 7.21. The molecule has 6 heteroatoms. The van der Waals surface area contributed by atoms with Crippen molar-refractivity contribution in [3.63, 3.8) is 0 Å². The second kappa shape index (κ2) is 8.44. The minimum atomic E-state index is 0.474. The van der Waals surface area contributed by atoms with Crippen molar-refractivity contribution >= 4 is 39.5 Å². The molecule has 1 aliphatic carbocycles. The fourth-order valence-corrected chi connectivity index (χ4v) is 3.29. The van der Waals surface area contributed by atoms with Gasteiger partial charge < -0.3 is 9.73 Å². The third kappa shape index (κ3) is 4.92. The molecule has 3 rings (SSSR count). The molecule has 1 saturated carbocycles. The van der Waals surface area contributed by atoms with Crippen LogP contribution in [0.4, 0.5) is 0 Å². The average Bonchev–Trinajstić information content (AvgIpc) is 3.05. The van der Waals surface area contributed by atoms with Crippen molar-refractivity contribution in [1.82, 2.24) is 10.7 Å². The maximum atomic E-state index is 5.77. The van der Waals surface area contributed by atoms with Crippen molar-refractivity contribution in [3.8, 4) is 11.3 Å². The third-order valence-corrected chi connectivity index (χ3v) is 4.79. The summed E-state index contributed by atoms with van der Waals surface area (Å²) >= 11 is 8.70. The fraction of sp³-hybridized carbons (Fsp3) is 0.333. The second-order valence-electron chi connectivity index (χ2n) is 5.89. The number of hydrogen-bond donors (Lipinski definition) is 2. The smallest absolute Gasteiger partial charge is 0.187 e. The van der Waals surface area contributed by atoms with Gasteiger partial charge in [0.05, 0.1) is 6.21 Å². The van der Waals surface area contributed by atoms with Gasteiger partial charge in [-0.05, 0) is 49.3 Å². The Bertz CT molecular complexity index is 705. The average molecular weight is 406 g/mol. The van der Waals surface area contributed by atoms with E-state index < -0.39 is 0 Å². The highest BCUT2D eigenvalue weighted by Gasteiger charge is 2.13. The van der Waals surface area contributed by atoms with Crippen molar-refractivity contribution in [2.45, 2.75) is 38.1 Å². The van der Waals surface area contributed by atoms with Gasteiger partial charge in [0, 0.05) is 16.1 Å². The molecular weight excluding hydrogens is 386 g/mol. The lowest BCUT2D eigenvalue weighted by atomic mass is 9.96. The number of halogens is 1. The number of nitrogens with one attached hydrogen (secondary N) is 2. The van der Waals surface area contributed by atoms with Crippen LogP contribution in [-0.4, -0.2) is 17.4 Å². The topological polar surface area (TPSA) is 49.6 Å². The van der Waals surface area contributed by atoms with Gasteiger partial charge in [-0.1, -0.05) is 47.3 Å². The summed E-state index contributed by atoms with van der Waals surface area (Å²) in [7, 11) is 0. The van der Waals surface area contributed by atoms with Crippen LogP contribution in [0.3, 0.4) is 0 Å². The first-order valence-electron chi connectivity index (χ1n) is 8.16.